The zero-order valence-electron chi connectivity index (χ0n) is 8.17. The molecule has 2 aliphatic heterocycles. The molecule has 84 valence electrons. The van der Waals surface area contributed by atoms with E-state index in [1.54, 1.807) is 22.7 Å². The molecule has 0 unspecified atom stereocenters. The smallest absolute Gasteiger partial charge is 0.231 e. The summed E-state index contributed by atoms with van der Waals surface area (Å²) < 4.78 is 20.1. The second-order valence-electron chi connectivity index (χ2n) is 3.01. The lowest BCUT2D eigenvalue weighted by Crippen LogP contribution is -1.93. The Bertz CT molecular complexity index is 395. The number of fused-ring (bicyclic) bond motifs is 2. The molecule has 0 amide bonds. The van der Waals surface area contributed by atoms with E-state index in [2.05, 4.69) is 0 Å². The summed E-state index contributed by atoms with van der Waals surface area (Å²) in [5.74, 6) is 3.54. The molecule has 16 heavy (non-hydrogen) atoms. The molecular formula is C10H8O4S2. The van der Waals surface area contributed by atoms with Gasteiger partial charge in [0.25, 0.3) is 0 Å². The highest BCUT2D eigenvalue weighted by Crippen LogP contribution is 2.35. The van der Waals surface area contributed by atoms with Crippen molar-refractivity contribution in [1.29, 1.82) is 0 Å². The van der Waals surface area contributed by atoms with E-state index in [4.69, 9.17) is 18.9 Å². The summed E-state index contributed by atoms with van der Waals surface area (Å²) in [7, 11) is 0. The first-order chi connectivity index (χ1) is 7.93. The zero-order chi connectivity index (χ0) is 10.8. The Labute approximate surface area is 99.9 Å². The highest BCUT2D eigenvalue weighted by Gasteiger charge is 2.12. The summed E-state index contributed by atoms with van der Waals surface area (Å²) in [5, 5.41) is 7.73. The van der Waals surface area contributed by atoms with E-state index in [0.717, 1.165) is 23.0 Å². The Hall–Kier alpha value is -1.40. The fourth-order valence-electron chi connectivity index (χ4n) is 1.28. The van der Waals surface area contributed by atoms with E-state index in [1.165, 1.54) is 0 Å². The summed E-state index contributed by atoms with van der Waals surface area (Å²) in [6.07, 6.45) is 0. The maximum absolute atomic E-state index is 5.03. The molecule has 4 rings (SSSR count). The minimum atomic E-state index is 0.387. The van der Waals surface area contributed by atoms with Crippen molar-refractivity contribution in [3.05, 3.63) is 21.5 Å². The first-order valence-electron chi connectivity index (χ1n) is 4.57. The van der Waals surface area contributed by atoms with Crippen molar-refractivity contribution in [3.63, 3.8) is 0 Å². The second-order valence-corrected chi connectivity index (χ2v) is 4.50. The Morgan fingerprint density at radius 2 is 0.938 bits per heavy atom. The molecule has 0 bridgehead atoms. The average molecular weight is 256 g/mol. The van der Waals surface area contributed by atoms with Gasteiger partial charge in [0.2, 0.25) is 13.6 Å². The molecule has 4 nitrogen and oxygen atoms in total. The van der Waals surface area contributed by atoms with Gasteiger partial charge in [-0.1, -0.05) is 0 Å². The van der Waals surface area contributed by atoms with Gasteiger partial charge in [0.05, 0.1) is 0 Å². The van der Waals surface area contributed by atoms with Crippen LogP contribution in [-0.2, 0) is 0 Å². The van der Waals surface area contributed by atoms with E-state index in [1.807, 2.05) is 21.5 Å². The average Bonchev–Trinajstić information content (AvgIpc) is 2.99. The van der Waals surface area contributed by atoms with E-state index in [0.29, 0.717) is 13.6 Å². The predicted molar refractivity (Wildman–Crippen MR) is 60.9 cm³/mol. The van der Waals surface area contributed by atoms with Crippen molar-refractivity contribution < 1.29 is 18.9 Å². The van der Waals surface area contributed by atoms with Crippen LogP contribution in [0.3, 0.4) is 0 Å². The minimum absolute atomic E-state index is 0.387. The van der Waals surface area contributed by atoms with Gasteiger partial charge in [0, 0.05) is 21.5 Å². The third kappa shape index (κ3) is 1.81. The van der Waals surface area contributed by atoms with Gasteiger partial charge in [-0.3, -0.25) is 0 Å². The molecule has 0 N–H and O–H groups in total. The SMILES string of the molecule is c1scc2c1OCO2.c1scc2c1OCO2. The van der Waals surface area contributed by atoms with Crippen LogP contribution < -0.4 is 18.9 Å². The third-order valence-electron chi connectivity index (χ3n) is 2.04. The molecule has 4 heterocycles. The molecule has 2 aromatic rings. The molecule has 0 radical (unpaired) electrons. The predicted octanol–water partition coefficient (Wildman–Crippen LogP) is 2.95. The maximum Gasteiger partial charge on any atom is 0.231 e. The van der Waals surface area contributed by atoms with Crippen LogP contribution in [0.15, 0.2) is 21.5 Å². The van der Waals surface area contributed by atoms with Gasteiger partial charge in [0.15, 0.2) is 23.0 Å². The number of thiophene rings is 2. The Morgan fingerprint density at radius 1 is 0.625 bits per heavy atom. The third-order valence-corrected chi connectivity index (χ3v) is 3.44. The van der Waals surface area contributed by atoms with Gasteiger partial charge >= 0.3 is 0 Å². The molecule has 6 heteroatoms. The van der Waals surface area contributed by atoms with Crippen molar-refractivity contribution >= 4 is 22.7 Å². The monoisotopic (exact) mass is 256 g/mol. The van der Waals surface area contributed by atoms with E-state index < -0.39 is 0 Å². The van der Waals surface area contributed by atoms with Crippen molar-refractivity contribution in [2.24, 2.45) is 0 Å². The number of ether oxygens (including phenoxy) is 4. The van der Waals surface area contributed by atoms with Gasteiger partial charge in [-0.15, -0.1) is 22.7 Å². The highest BCUT2D eigenvalue weighted by atomic mass is 32.1. The molecule has 0 saturated heterocycles. The van der Waals surface area contributed by atoms with Gasteiger partial charge in [0.1, 0.15) is 0 Å². The summed E-state index contributed by atoms with van der Waals surface area (Å²) in [5.41, 5.74) is 0. The summed E-state index contributed by atoms with van der Waals surface area (Å²) in [6, 6.07) is 0. The fraction of sp³-hybridized carbons (Fsp3) is 0.200. The van der Waals surface area contributed by atoms with Crippen LogP contribution in [0, 0.1) is 0 Å². The number of rotatable bonds is 0. The summed E-state index contributed by atoms with van der Waals surface area (Å²) in [6.45, 7) is 0.774. The fourth-order valence-corrected chi connectivity index (χ4v) is 2.65. The first kappa shape index (κ1) is 9.80. The standard InChI is InChI=1S/2C5H4O2S/c2*1-4-5(2-8-1)7-3-6-4/h2*1-2H,3H2. The maximum atomic E-state index is 5.03. The van der Waals surface area contributed by atoms with Crippen molar-refractivity contribution in [2.75, 3.05) is 13.6 Å². The van der Waals surface area contributed by atoms with E-state index >= 15 is 0 Å². The quantitative estimate of drug-likeness (QED) is 0.726. The van der Waals surface area contributed by atoms with Crippen LogP contribution in [0.25, 0.3) is 0 Å². The molecule has 0 atom stereocenters. The second kappa shape index (κ2) is 4.23. The van der Waals surface area contributed by atoms with Crippen LogP contribution in [0.5, 0.6) is 23.0 Å². The molecule has 2 aliphatic rings. The van der Waals surface area contributed by atoms with Crippen molar-refractivity contribution in [2.45, 2.75) is 0 Å². The molecule has 2 aromatic heterocycles. The highest BCUT2D eigenvalue weighted by molar-refractivity contribution is 7.08. The molecular weight excluding hydrogens is 248 g/mol. The van der Waals surface area contributed by atoms with Gasteiger partial charge in [-0.05, 0) is 0 Å². The lowest BCUT2D eigenvalue weighted by molar-refractivity contribution is 0.173. The zero-order valence-corrected chi connectivity index (χ0v) is 9.81. The van der Waals surface area contributed by atoms with Crippen LogP contribution in [0.1, 0.15) is 0 Å². The van der Waals surface area contributed by atoms with Crippen LogP contribution in [0.4, 0.5) is 0 Å². The lowest BCUT2D eigenvalue weighted by atomic mass is 10.6. The topological polar surface area (TPSA) is 36.9 Å². The Balaban J connectivity index is 0.000000101. The number of hydrogen-bond donors (Lipinski definition) is 0. The van der Waals surface area contributed by atoms with Crippen molar-refractivity contribution in [3.8, 4) is 23.0 Å². The molecule has 0 spiro atoms. The van der Waals surface area contributed by atoms with E-state index in [9.17, 15) is 0 Å². The van der Waals surface area contributed by atoms with Gasteiger partial charge in [-0.25, -0.2) is 0 Å². The molecule has 0 aliphatic carbocycles. The largest absolute Gasteiger partial charge is 0.453 e. The molecule has 0 saturated carbocycles. The molecule has 0 fully saturated rings. The summed E-state index contributed by atoms with van der Waals surface area (Å²) in [4.78, 5) is 0. The van der Waals surface area contributed by atoms with Crippen LogP contribution in [-0.4, -0.2) is 13.6 Å². The van der Waals surface area contributed by atoms with Gasteiger partial charge in [-0.2, -0.15) is 0 Å². The first-order valence-corrected chi connectivity index (χ1v) is 6.45. The number of hydrogen-bond acceptors (Lipinski definition) is 6. The normalized spacial score (nSPS) is 14.5. The van der Waals surface area contributed by atoms with Crippen molar-refractivity contribution in [1.82, 2.24) is 0 Å². The lowest BCUT2D eigenvalue weighted by Gasteiger charge is -1.86. The Morgan fingerprint density at radius 3 is 1.25 bits per heavy atom. The van der Waals surface area contributed by atoms with Crippen LogP contribution >= 0.6 is 22.7 Å². The Kier molecular flexibility index (Phi) is 2.59. The molecule has 0 aromatic carbocycles. The summed E-state index contributed by atoms with van der Waals surface area (Å²) >= 11 is 3.18. The minimum Gasteiger partial charge on any atom is -0.453 e. The van der Waals surface area contributed by atoms with Gasteiger partial charge < -0.3 is 18.9 Å². The van der Waals surface area contributed by atoms with Crippen LogP contribution in [0.2, 0.25) is 0 Å². The van der Waals surface area contributed by atoms with E-state index in [-0.39, 0.29) is 0 Å².